The van der Waals surface area contributed by atoms with Crippen molar-refractivity contribution in [3.63, 3.8) is 0 Å². The lowest BCUT2D eigenvalue weighted by Crippen LogP contribution is -2.44. The minimum atomic E-state index is 0.0624. The highest BCUT2D eigenvalue weighted by Crippen LogP contribution is 2.26. The van der Waals surface area contributed by atoms with Crippen molar-refractivity contribution in [2.75, 3.05) is 26.4 Å². The number of aliphatic hydroxyl groups excluding tert-OH is 1. The van der Waals surface area contributed by atoms with Crippen LogP contribution in [0, 0.1) is 11.3 Å². The van der Waals surface area contributed by atoms with Gasteiger partial charge in [-0.1, -0.05) is 20.8 Å². The zero-order valence-electron chi connectivity index (χ0n) is 11.7. The first-order chi connectivity index (χ1) is 8.21. The van der Waals surface area contributed by atoms with Crippen LogP contribution in [-0.4, -0.2) is 37.5 Å². The predicted octanol–water partition coefficient (Wildman–Crippen LogP) is 2.19. The van der Waals surface area contributed by atoms with Crippen molar-refractivity contribution in [3.8, 4) is 0 Å². The summed E-state index contributed by atoms with van der Waals surface area (Å²) in [5.41, 5.74) is 0.0624. The Bertz CT molecular complexity index is 190. The van der Waals surface area contributed by atoms with E-state index in [2.05, 4.69) is 26.1 Å². The van der Waals surface area contributed by atoms with Gasteiger partial charge in [0.25, 0.3) is 0 Å². The third-order valence-corrected chi connectivity index (χ3v) is 4.55. The van der Waals surface area contributed by atoms with Gasteiger partial charge in [-0.3, -0.25) is 0 Å². The Morgan fingerprint density at radius 3 is 2.47 bits per heavy atom. The summed E-state index contributed by atoms with van der Waals surface area (Å²) in [5, 5.41) is 13.2. The van der Waals surface area contributed by atoms with Crippen molar-refractivity contribution in [3.05, 3.63) is 0 Å². The molecule has 0 bridgehead atoms. The molecule has 2 unspecified atom stereocenters. The highest BCUT2D eigenvalue weighted by atomic mass is 16.5. The highest BCUT2D eigenvalue weighted by Gasteiger charge is 2.29. The average Bonchev–Trinajstić information content (AvgIpc) is 2.89. The minimum Gasteiger partial charge on any atom is -0.396 e. The Morgan fingerprint density at radius 1 is 1.35 bits per heavy atom. The smallest absolute Gasteiger partial charge is 0.0509 e. The Balaban J connectivity index is 2.45. The van der Waals surface area contributed by atoms with E-state index >= 15 is 0 Å². The molecule has 3 heteroatoms. The summed E-state index contributed by atoms with van der Waals surface area (Å²) < 4.78 is 5.46. The Morgan fingerprint density at radius 2 is 2.06 bits per heavy atom. The normalized spacial score (nSPS) is 22.9. The lowest BCUT2D eigenvalue weighted by atomic mass is 9.82. The molecule has 3 nitrogen and oxygen atoms in total. The zero-order valence-corrected chi connectivity index (χ0v) is 11.7. The monoisotopic (exact) mass is 243 g/mol. The van der Waals surface area contributed by atoms with E-state index in [9.17, 15) is 5.11 Å². The summed E-state index contributed by atoms with van der Waals surface area (Å²) in [6.07, 6.45) is 4.38. The molecule has 0 amide bonds. The van der Waals surface area contributed by atoms with Crippen LogP contribution in [0.5, 0.6) is 0 Å². The maximum Gasteiger partial charge on any atom is 0.0509 e. The second-order valence-corrected chi connectivity index (χ2v) is 5.38. The number of hydrogen-bond acceptors (Lipinski definition) is 3. The lowest BCUT2D eigenvalue weighted by molar-refractivity contribution is 0.104. The molecule has 0 aliphatic carbocycles. The second kappa shape index (κ2) is 7.34. The highest BCUT2D eigenvalue weighted by molar-refractivity contribution is 4.84. The molecule has 0 aromatic carbocycles. The molecule has 0 saturated carbocycles. The SMILES string of the molecule is CCC(NCC(CC)(CC)CO)C1CCOC1. The molecule has 0 aromatic heterocycles. The minimum absolute atomic E-state index is 0.0624. The van der Waals surface area contributed by atoms with Gasteiger partial charge in [-0.2, -0.15) is 0 Å². The van der Waals surface area contributed by atoms with E-state index in [0.29, 0.717) is 12.0 Å². The van der Waals surface area contributed by atoms with E-state index in [-0.39, 0.29) is 12.0 Å². The third-order valence-electron chi connectivity index (χ3n) is 4.55. The van der Waals surface area contributed by atoms with E-state index in [1.54, 1.807) is 0 Å². The van der Waals surface area contributed by atoms with Crippen LogP contribution in [0.25, 0.3) is 0 Å². The van der Waals surface area contributed by atoms with E-state index in [4.69, 9.17) is 4.74 Å². The van der Waals surface area contributed by atoms with Crippen LogP contribution in [0.1, 0.15) is 46.5 Å². The van der Waals surface area contributed by atoms with Crippen molar-refractivity contribution >= 4 is 0 Å². The number of hydrogen-bond donors (Lipinski definition) is 2. The van der Waals surface area contributed by atoms with Gasteiger partial charge in [0, 0.05) is 31.2 Å². The van der Waals surface area contributed by atoms with Gasteiger partial charge in [-0.25, -0.2) is 0 Å². The summed E-state index contributed by atoms with van der Waals surface area (Å²) >= 11 is 0. The lowest BCUT2D eigenvalue weighted by Gasteiger charge is -2.33. The molecular weight excluding hydrogens is 214 g/mol. The fraction of sp³-hybridized carbons (Fsp3) is 1.00. The first-order valence-electron chi connectivity index (χ1n) is 7.13. The quantitative estimate of drug-likeness (QED) is 0.686. The Hall–Kier alpha value is -0.120. The van der Waals surface area contributed by atoms with Crippen LogP contribution < -0.4 is 5.32 Å². The van der Waals surface area contributed by atoms with Gasteiger partial charge in [0.1, 0.15) is 0 Å². The average molecular weight is 243 g/mol. The molecular formula is C14H29NO2. The first-order valence-corrected chi connectivity index (χ1v) is 7.13. The largest absolute Gasteiger partial charge is 0.396 e. The number of nitrogens with one attached hydrogen (secondary N) is 1. The molecule has 102 valence electrons. The van der Waals surface area contributed by atoms with Crippen LogP contribution in [0.15, 0.2) is 0 Å². The molecule has 0 aromatic rings. The molecule has 2 atom stereocenters. The fourth-order valence-electron chi connectivity index (χ4n) is 2.64. The van der Waals surface area contributed by atoms with Gasteiger partial charge in [0.05, 0.1) is 6.61 Å². The molecule has 2 N–H and O–H groups in total. The predicted molar refractivity (Wildman–Crippen MR) is 71.1 cm³/mol. The topological polar surface area (TPSA) is 41.5 Å². The number of ether oxygens (including phenoxy) is 1. The standard InChI is InChI=1S/C14H29NO2/c1-4-13(12-7-8-17-9-12)15-10-14(5-2,6-3)11-16/h12-13,15-16H,4-11H2,1-3H3. The summed E-state index contributed by atoms with van der Waals surface area (Å²) in [5.74, 6) is 0.658. The van der Waals surface area contributed by atoms with Crippen LogP contribution in [0.2, 0.25) is 0 Å². The number of rotatable bonds is 8. The molecule has 1 aliphatic heterocycles. The maximum absolute atomic E-state index is 9.56. The zero-order chi connectivity index (χ0) is 12.7. The Labute approximate surface area is 106 Å². The van der Waals surface area contributed by atoms with E-state index in [1.807, 2.05) is 0 Å². The molecule has 1 saturated heterocycles. The van der Waals surface area contributed by atoms with E-state index < -0.39 is 0 Å². The van der Waals surface area contributed by atoms with Crippen molar-refractivity contribution in [2.24, 2.45) is 11.3 Å². The molecule has 1 fully saturated rings. The van der Waals surface area contributed by atoms with Gasteiger partial charge in [0.2, 0.25) is 0 Å². The van der Waals surface area contributed by atoms with Crippen LogP contribution in [0.4, 0.5) is 0 Å². The molecule has 17 heavy (non-hydrogen) atoms. The molecule has 0 spiro atoms. The molecule has 1 heterocycles. The van der Waals surface area contributed by atoms with E-state index in [1.165, 1.54) is 6.42 Å². The van der Waals surface area contributed by atoms with Gasteiger partial charge >= 0.3 is 0 Å². The molecule has 1 rings (SSSR count). The van der Waals surface area contributed by atoms with Crippen molar-refractivity contribution < 1.29 is 9.84 Å². The van der Waals surface area contributed by atoms with Crippen molar-refractivity contribution in [1.29, 1.82) is 0 Å². The molecule has 0 radical (unpaired) electrons. The Kier molecular flexibility index (Phi) is 6.45. The number of aliphatic hydroxyl groups is 1. The summed E-state index contributed by atoms with van der Waals surface area (Å²) in [6.45, 7) is 9.58. The first kappa shape index (κ1) is 14.9. The maximum atomic E-state index is 9.56. The molecule has 1 aliphatic rings. The van der Waals surface area contributed by atoms with Crippen LogP contribution >= 0.6 is 0 Å². The van der Waals surface area contributed by atoms with Gasteiger partial charge in [0.15, 0.2) is 0 Å². The second-order valence-electron chi connectivity index (χ2n) is 5.38. The van der Waals surface area contributed by atoms with E-state index in [0.717, 1.165) is 39.0 Å². The third kappa shape index (κ3) is 3.94. The fourth-order valence-corrected chi connectivity index (χ4v) is 2.64. The van der Waals surface area contributed by atoms with Crippen LogP contribution in [-0.2, 0) is 4.74 Å². The van der Waals surface area contributed by atoms with Crippen molar-refractivity contribution in [1.82, 2.24) is 5.32 Å². The summed E-state index contributed by atoms with van der Waals surface area (Å²) in [6, 6.07) is 0.543. The van der Waals surface area contributed by atoms with Crippen LogP contribution in [0.3, 0.4) is 0 Å². The van der Waals surface area contributed by atoms with Crippen molar-refractivity contribution in [2.45, 2.75) is 52.5 Å². The van der Waals surface area contributed by atoms with Gasteiger partial charge in [-0.15, -0.1) is 0 Å². The van der Waals surface area contributed by atoms with Gasteiger partial charge < -0.3 is 15.2 Å². The van der Waals surface area contributed by atoms with Gasteiger partial charge in [-0.05, 0) is 31.6 Å². The summed E-state index contributed by atoms with van der Waals surface area (Å²) in [7, 11) is 0. The summed E-state index contributed by atoms with van der Waals surface area (Å²) in [4.78, 5) is 0.